The van der Waals surface area contributed by atoms with Crippen molar-refractivity contribution in [3.8, 4) is 0 Å². The fourth-order valence-electron chi connectivity index (χ4n) is 2.40. The second kappa shape index (κ2) is 4.26. The van der Waals surface area contributed by atoms with Gasteiger partial charge in [-0.25, -0.2) is 0 Å². The van der Waals surface area contributed by atoms with Crippen LogP contribution in [0.15, 0.2) is 18.3 Å². The number of rotatable bonds is 2. The van der Waals surface area contributed by atoms with E-state index in [1.165, 1.54) is 6.07 Å². The lowest BCUT2D eigenvalue weighted by molar-refractivity contribution is -0.143. The Balaban J connectivity index is 2.36. The molecule has 0 spiro atoms. The van der Waals surface area contributed by atoms with Gasteiger partial charge in [0.1, 0.15) is 5.41 Å². The first-order chi connectivity index (χ1) is 8.36. The molecular weight excluding hydrogens is 247 g/mol. The number of aromatic nitrogens is 1. The van der Waals surface area contributed by atoms with Crippen LogP contribution in [0, 0.1) is 0 Å². The van der Waals surface area contributed by atoms with Crippen molar-refractivity contribution in [3.63, 3.8) is 0 Å². The van der Waals surface area contributed by atoms with E-state index in [1.54, 1.807) is 0 Å². The molecule has 0 aliphatic heterocycles. The monoisotopic (exact) mass is 259 g/mol. The maximum atomic E-state index is 12.4. The highest BCUT2D eigenvalue weighted by atomic mass is 19.4. The second-order valence-corrected chi connectivity index (χ2v) is 4.52. The van der Waals surface area contributed by atoms with Crippen LogP contribution in [0.3, 0.4) is 0 Å². The average molecular weight is 259 g/mol. The number of alkyl halides is 3. The van der Waals surface area contributed by atoms with Crippen LogP contribution in [0.25, 0.3) is 0 Å². The molecule has 98 valence electrons. The first-order valence-corrected chi connectivity index (χ1v) is 5.63. The van der Waals surface area contributed by atoms with Gasteiger partial charge in [-0.05, 0) is 25.0 Å². The van der Waals surface area contributed by atoms with E-state index >= 15 is 0 Å². The Kier molecular flexibility index (Phi) is 3.04. The Bertz CT molecular complexity index is 447. The topological polar surface area (TPSA) is 50.2 Å². The lowest BCUT2D eigenvalue weighted by atomic mass is 9.82. The van der Waals surface area contributed by atoms with E-state index in [-0.39, 0.29) is 5.69 Å². The molecule has 1 N–H and O–H groups in total. The van der Waals surface area contributed by atoms with E-state index in [2.05, 4.69) is 4.98 Å². The van der Waals surface area contributed by atoms with Crippen molar-refractivity contribution in [2.45, 2.75) is 37.3 Å². The molecule has 0 saturated heterocycles. The molecular formula is C12H12F3NO2. The smallest absolute Gasteiger partial charge is 0.417 e. The third kappa shape index (κ3) is 2.07. The van der Waals surface area contributed by atoms with E-state index in [0.29, 0.717) is 19.0 Å². The van der Waals surface area contributed by atoms with Gasteiger partial charge in [0.25, 0.3) is 0 Å². The minimum absolute atomic E-state index is 0.223. The largest absolute Gasteiger partial charge is 0.481 e. The minimum atomic E-state index is -4.45. The molecule has 0 bridgehead atoms. The Morgan fingerprint density at radius 3 is 2.28 bits per heavy atom. The molecule has 0 aromatic carbocycles. The highest BCUT2D eigenvalue weighted by Gasteiger charge is 2.44. The van der Waals surface area contributed by atoms with Gasteiger partial charge in [0.05, 0.1) is 11.3 Å². The first-order valence-electron chi connectivity index (χ1n) is 5.63. The predicted octanol–water partition coefficient (Wildman–Crippen LogP) is 3.00. The fraction of sp³-hybridized carbons (Fsp3) is 0.500. The molecule has 1 aromatic rings. The van der Waals surface area contributed by atoms with Crippen LogP contribution in [0.1, 0.15) is 36.9 Å². The van der Waals surface area contributed by atoms with Crippen LogP contribution < -0.4 is 0 Å². The SMILES string of the molecule is O=C(O)C1(c2ccc(C(F)(F)F)cn2)CCCC1. The molecule has 1 aromatic heterocycles. The van der Waals surface area contributed by atoms with Gasteiger partial charge >= 0.3 is 12.1 Å². The first kappa shape index (κ1) is 12.9. The van der Waals surface area contributed by atoms with Crippen molar-refractivity contribution < 1.29 is 23.1 Å². The summed E-state index contributed by atoms with van der Waals surface area (Å²) in [6.07, 6.45) is -1.36. The van der Waals surface area contributed by atoms with Gasteiger partial charge < -0.3 is 5.11 Å². The summed E-state index contributed by atoms with van der Waals surface area (Å²) in [6.45, 7) is 0. The summed E-state index contributed by atoms with van der Waals surface area (Å²) < 4.78 is 37.2. The van der Waals surface area contributed by atoms with Crippen LogP contribution in [0.2, 0.25) is 0 Å². The molecule has 2 rings (SSSR count). The summed E-state index contributed by atoms with van der Waals surface area (Å²) in [5.74, 6) is -1.01. The summed E-state index contributed by atoms with van der Waals surface area (Å²) in [6, 6.07) is 2.08. The number of carboxylic acid groups (broad SMARTS) is 1. The summed E-state index contributed by atoms with van der Waals surface area (Å²) >= 11 is 0. The summed E-state index contributed by atoms with van der Waals surface area (Å²) in [7, 11) is 0. The lowest BCUT2D eigenvalue weighted by Crippen LogP contribution is -2.33. The van der Waals surface area contributed by atoms with Crippen LogP contribution in [-0.4, -0.2) is 16.1 Å². The van der Waals surface area contributed by atoms with Gasteiger partial charge in [0.15, 0.2) is 0 Å². The molecule has 1 aliphatic carbocycles. The Morgan fingerprint density at radius 2 is 1.89 bits per heavy atom. The van der Waals surface area contributed by atoms with E-state index in [4.69, 9.17) is 0 Å². The second-order valence-electron chi connectivity index (χ2n) is 4.52. The lowest BCUT2D eigenvalue weighted by Gasteiger charge is -2.23. The maximum absolute atomic E-state index is 12.4. The number of carboxylic acids is 1. The quantitative estimate of drug-likeness (QED) is 0.888. The molecule has 1 aliphatic rings. The van der Waals surface area contributed by atoms with E-state index in [1.807, 2.05) is 0 Å². The van der Waals surface area contributed by atoms with Gasteiger partial charge in [-0.15, -0.1) is 0 Å². The van der Waals surface area contributed by atoms with E-state index < -0.39 is 23.1 Å². The van der Waals surface area contributed by atoms with Gasteiger partial charge in [0, 0.05) is 6.20 Å². The number of pyridine rings is 1. The molecule has 3 nitrogen and oxygen atoms in total. The number of halogens is 3. The molecule has 6 heteroatoms. The third-order valence-electron chi connectivity index (χ3n) is 3.45. The van der Waals surface area contributed by atoms with Crippen molar-refractivity contribution >= 4 is 5.97 Å². The zero-order valence-electron chi connectivity index (χ0n) is 9.50. The summed E-state index contributed by atoms with van der Waals surface area (Å²) in [4.78, 5) is 15.1. The number of carbonyl (C=O) groups is 1. The van der Waals surface area contributed by atoms with Crippen LogP contribution in [-0.2, 0) is 16.4 Å². The van der Waals surface area contributed by atoms with Crippen molar-refractivity contribution in [1.29, 1.82) is 0 Å². The minimum Gasteiger partial charge on any atom is -0.481 e. The fourth-order valence-corrected chi connectivity index (χ4v) is 2.40. The molecule has 1 saturated carbocycles. The molecule has 18 heavy (non-hydrogen) atoms. The summed E-state index contributed by atoms with van der Waals surface area (Å²) in [5, 5.41) is 9.28. The van der Waals surface area contributed by atoms with Gasteiger partial charge in [0.2, 0.25) is 0 Å². The van der Waals surface area contributed by atoms with Crippen molar-refractivity contribution in [1.82, 2.24) is 4.98 Å². The highest BCUT2D eigenvalue weighted by Crippen LogP contribution is 2.41. The number of nitrogens with zero attached hydrogens (tertiary/aromatic N) is 1. The van der Waals surface area contributed by atoms with Crippen LogP contribution in [0.5, 0.6) is 0 Å². The highest BCUT2D eigenvalue weighted by molar-refractivity contribution is 5.81. The van der Waals surface area contributed by atoms with Gasteiger partial charge in [-0.1, -0.05) is 12.8 Å². The summed E-state index contributed by atoms with van der Waals surface area (Å²) in [5.41, 5.74) is -1.74. The molecule has 0 radical (unpaired) electrons. The van der Waals surface area contributed by atoms with E-state index in [9.17, 15) is 23.1 Å². The van der Waals surface area contributed by atoms with E-state index in [0.717, 1.165) is 18.9 Å². The third-order valence-corrected chi connectivity index (χ3v) is 3.45. The van der Waals surface area contributed by atoms with Gasteiger partial charge in [-0.2, -0.15) is 13.2 Å². The number of hydrogen-bond donors (Lipinski definition) is 1. The Morgan fingerprint density at radius 1 is 1.28 bits per heavy atom. The Hall–Kier alpha value is -1.59. The number of hydrogen-bond acceptors (Lipinski definition) is 2. The average Bonchev–Trinajstić information content (AvgIpc) is 2.78. The molecule has 0 unspecified atom stereocenters. The molecule has 1 heterocycles. The van der Waals surface area contributed by atoms with Crippen molar-refractivity contribution in [2.24, 2.45) is 0 Å². The number of aliphatic carboxylic acids is 1. The predicted molar refractivity (Wildman–Crippen MR) is 57.0 cm³/mol. The Labute approximate surface area is 102 Å². The van der Waals surface area contributed by atoms with Crippen molar-refractivity contribution in [2.75, 3.05) is 0 Å². The molecule has 0 atom stereocenters. The normalized spacial score (nSPS) is 18.8. The van der Waals surface area contributed by atoms with Crippen LogP contribution in [0.4, 0.5) is 13.2 Å². The van der Waals surface area contributed by atoms with Crippen molar-refractivity contribution in [3.05, 3.63) is 29.6 Å². The molecule has 1 fully saturated rings. The van der Waals surface area contributed by atoms with Gasteiger partial charge in [-0.3, -0.25) is 9.78 Å². The molecule has 0 amide bonds. The maximum Gasteiger partial charge on any atom is 0.417 e. The zero-order chi connectivity index (χ0) is 13.4. The standard InChI is InChI=1S/C12H12F3NO2/c13-12(14,15)8-3-4-9(16-7-8)11(10(17)18)5-1-2-6-11/h3-4,7H,1-2,5-6H2,(H,17,18). The zero-order valence-corrected chi connectivity index (χ0v) is 9.50. The van der Waals surface area contributed by atoms with Crippen LogP contribution >= 0.6 is 0 Å².